The van der Waals surface area contributed by atoms with Crippen LogP contribution < -0.4 is 0 Å². The highest BCUT2D eigenvalue weighted by Gasteiger charge is 2.20. The first-order valence-corrected chi connectivity index (χ1v) is 6.61. The lowest BCUT2D eigenvalue weighted by Gasteiger charge is -2.08. The normalized spacial score (nSPS) is 10.6. The van der Waals surface area contributed by atoms with Gasteiger partial charge in [-0.15, -0.1) is 0 Å². The predicted molar refractivity (Wildman–Crippen MR) is 78.6 cm³/mol. The minimum absolute atomic E-state index is 0.0951. The molecular weight excluding hydrogens is 301 g/mol. The van der Waals surface area contributed by atoms with E-state index in [0.29, 0.717) is 12.1 Å². The molecule has 0 bridgehead atoms. The van der Waals surface area contributed by atoms with E-state index in [0.717, 1.165) is 5.56 Å². The van der Waals surface area contributed by atoms with Crippen LogP contribution in [0.5, 0.6) is 5.75 Å². The standard InChI is InChI=1S/C16H10FN3O3/c17-10-3-1-9(2-4-10)8-20-6-5-11-14(20)12(7-18)19-13(15(11)21)16(22)23/h1-6,21H,8H2,(H,22,23). The lowest BCUT2D eigenvalue weighted by atomic mass is 10.2. The lowest BCUT2D eigenvalue weighted by molar-refractivity contribution is 0.0687. The number of hydrogen-bond donors (Lipinski definition) is 2. The van der Waals surface area contributed by atoms with E-state index in [1.165, 1.54) is 18.2 Å². The van der Waals surface area contributed by atoms with Crippen molar-refractivity contribution in [1.82, 2.24) is 9.55 Å². The Labute approximate surface area is 129 Å². The van der Waals surface area contributed by atoms with Crippen molar-refractivity contribution in [2.45, 2.75) is 6.54 Å². The molecule has 0 spiro atoms. The summed E-state index contributed by atoms with van der Waals surface area (Å²) in [5.74, 6) is -2.24. The number of nitriles is 1. The van der Waals surface area contributed by atoms with Gasteiger partial charge in [-0.05, 0) is 23.8 Å². The molecule has 0 unspecified atom stereocenters. The van der Waals surface area contributed by atoms with Gasteiger partial charge in [-0.1, -0.05) is 12.1 Å². The summed E-state index contributed by atoms with van der Waals surface area (Å²) in [5.41, 5.74) is 0.463. The molecule has 0 aliphatic heterocycles. The van der Waals surface area contributed by atoms with Crippen molar-refractivity contribution >= 4 is 16.9 Å². The van der Waals surface area contributed by atoms with E-state index < -0.39 is 17.4 Å². The van der Waals surface area contributed by atoms with Gasteiger partial charge in [0.25, 0.3) is 0 Å². The first kappa shape index (κ1) is 14.5. The Morgan fingerprint density at radius 2 is 2.00 bits per heavy atom. The van der Waals surface area contributed by atoms with Gasteiger partial charge in [0, 0.05) is 18.1 Å². The second kappa shape index (κ2) is 5.42. The van der Waals surface area contributed by atoms with E-state index in [4.69, 9.17) is 5.11 Å². The summed E-state index contributed by atoms with van der Waals surface area (Å²) in [6, 6.07) is 9.22. The number of carboxylic acid groups (broad SMARTS) is 1. The number of rotatable bonds is 3. The fourth-order valence-electron chi connectivity index (χ4n) is 2.42. The third-order valence-corrected chi connectivity index (χ3v) is 3.47. The predicted octanol–water partition coefficient (Wildman–Crippen LogP) is 2.50. The highest BCUT2D eigenvalue weighted by atomic mass is 19.1. The number of pyridine rings is 1. The van der Waals surface area contributed by atoms with Gasteiger partial charge in [0.1, 0.15) is 11.9 Å². The highest BCUT2D eigenvalue weighted by Crippen LogP contribution is 2.30. The molecule has 23 heavy (non-hydrogen) atoms. The van der Waals surface area contributed by atoms with Crippen molar-refractivity contribution in [3.05, 3.63) is 59.3 Å². The summed E-state index contributed by atoms with van der Waals surface area (Å²) >= 11 is 0. The Kier molecular flexibility index (Phi) is 3.43. The molecule has 2 aromatic heterocycles. The average Bonchev–Trinajstić information content (AvgIpc) is 2.94. The highest BCUT2D eigenvalue weighted by molar-refractivity contribution is 5.99. The SMILES string of the molecule is N#Cc1nc(C(=O)O)c(O)c2ccn(Cc3ccc(F)cc3)c12. The van der Waals surface area contributed by atoms with E-state index in [1.807, 2.05) is 6.07 Å². The van der Waals surface area contributed by atoms with Crippen molar-refractivity contribution in [2.75, 3.05) is 0 Å². The van der Waals surface area contributed by atoms with Crippen LogP contribution in [0.2, 0.25) is 0 Å². The molecule has 0 fully saturated rings. The third kappa shape index (κ3) is 2.46. The number of fused-ring (bicyclic) bond motifs is 1. The van der Waals surface area contributed by atoms with Gasteiger partial charge in [-0.25, -0.2) is 14.2 Å². The molecule has 0 amide bonds. The zero-order valence-electron chi connectivity index (χ0n) is 11.7. The number of nitrogens with zero attached hydrogens (tertiary/aromatic N) is 3. The first-order chi connectivity index (χ1) is 11.0. The molecule has 3 aromatic rings. The number of aromatic carboxylic acids is 1. The Balaban J connectivity index is 2.16. The van der Waals surface area contributed by atoms with Crippen molar-refractivity contribution in [3.63, 3.8) is 0 Å². The van der Waals surface area contributed by atoms with Crippen molar-refractivity contribution in [1.29, 1.82) is 5.26 Å². The van der Waals surface area contributed by atoms with E-state index in [1.54, 1.807) is 22.9 Å². The van der Waals surface area contributed by atoms with Gasteiger partial charge in [0.05, 0.1) is 5.52 Å². The summed E-state index contributed by atoms with van der Waals surface area (Å²) in [6.07, 6.45) is 1.61. The summed E-state index contributed by atoms with van der Waals surface area (Å²) in [5, 5.41) is 28.5. The smallest absolute Gasteiger partial charge is 0.358 e. The molecule has 3 rings (SSSR count). The van der Waals surface area contributed by atoms with Crippen LogP contribution in [0.15, 0.2) is 36.5 Å². The van der Waals surface area contributed by atoms with Crippen LogP contribution in [0.25, 0.3) is 10.9 Å². The van der Waals surface area contributed by atoms with Gasteiger partial charge in [0.15, 0.2) is 17.1 Å². The van der Waals surface area contributed by atoms with E-state index >= 15 is 0 Å². The molecule has 2 N–H and O–H groups in total. The Bertz CT molecular complexity index is 955. The van der Waals surface area contributed by atoms with Crippen molar-refractivity contribution in [3.8, 4) is 11.8 Å². The fraction of sp³-hybridized carbons (Fsp3) is 0.0625. The molecular formula is C16H10FN3O3. The van der Waals surface area contributed by atoms with Gasteiger partial charge in [0.2, 0.25) is 0 Å². The van der Waals surface area contributed by atoms with Crippen LogP contribution in [0.3, 0.4) is 0 Å². The van der Waals surface area contributed by atoms with Crippen LogP contribution in [0.1, 0.15) is 21.7 Å². The molecule has 0 atom stereocenters. The average molecular weight is 311 g/mol. The zero-order chi connectivity index (χ0) is 16.6. The largest absolute Gasteiger partial charge is 0.505 e. The number of carbonyl (C=O) groups is 1. The van der Waals surface area contributed by atoms with Crippen LogP contribution in [-0.2, 0) is 6.54 Å². The maximum absolute atomic E-state index is 13.0. The number of hydrogen-bond acceptors (Lipinski definition) is 4. The molecule has 0 saturated carbocycles. The monoisotopic (exact) mass is 311 g/mol. The lowest BCUT2D eigenvalue weighted by Crippen LogP contribution is -2.06. The summed E-state index contributed by atoms with van der Waals surface area (Å²) in [7, 11) is 0. The van der Waals surface area contributed by atoms with Gasteiger partial charge >= 0.3 is 5.97 Å². The molecule has 2 heterocycles. The van der Waals surface area contributed by atoms with Gasteiger partial charge < -0.3 is 14.8 Å². The Hall–Kier alpha value is -3.40. The molecule has 6 nitrogen and oxygen atoms in total. The number of aromatic hydroxyl groups is 1. The van der Waals surface area contributed by atoms with Crippen LogP contribution >= 0.6 is 0 Å². The minimum atomic E-state index is -1.41. The number of halogens is 1. The molecule has 0 saturated heterocycles. The van der Waals surface area contributed by atoms with E-state index in [-0.39, 0.29) is 16.9 Å². The first-order valence-electron chi connectivity index (χ1n) is 6.61. The maximum atomic E-state index is 13.0. The minimum Gasteiger partial charge on any atom is -0.505 e. The number of benzene rings is 1. The second-order valence-corrected chi connectivity index (χ2v) is 4.91. The molecule has 1 aromatic carbocycles. The molecule has 0 radical (unpaired) electrons. The maximum Gasteiger partial charge on any atom is 0.358 e. The van der Waals surface area contributed by atoms with E-state index in [2.05, 4.69) is 4.98 Å². The quantitative estimate of drug-likeness (QED) is 0.774. The zero-order valence-corrected chi connectivity index (χ0v) is 11.7. The molecule has 7 heteroatoms. The Morgan fingerprint density at radius 1 is 1.30 bits per heavy atom. The van der Waals surface area contributed by atoms with Crippen LogP contribution in [0, 0.1) is 17.1 Å². The van der Waals surface area contributed by atoms with Gasteiger partial charge in [-0.2, -0.15) is 5.26 Å². The summed E-state index contributed by atoms with van der Waals surface area (Å²) < 4.78 is 14.6. The number of carboxylic acids is 1. The van der Waals surface area contributed by atoms with Crippen LogP contribution in [0.4, 0.5) is 4.39 Å². The molecule has 114 valence electrons. The van der Waals surface area contributed by atoms with Crippen molar-refractivity contribution < 1.29 is 19.4 Å². The second-order valence-electron chi connectivity index (χ2n) is 4.91. The molecule has 0 aliphatic carbocycles. The fourth-order valence-corrected chi connectivity index (χ4v) is 2.42. The number of aromatic nitrogens is 2. The van der Waals surface area contributed by atoms with Crippen LogP contribution in [-0.4, -0.2) is 25.7 Å². The summed E-state index contributed by atoms with van der Waals surface area (Å²) in [6.45, 7) is 0.325. The topological polar surface area (TPSA) is 99.1 Å². The van der Waals surface area contributed by atoms with Gasteiger partial charge in [-0.3, -0.25) is 0 Å². The van der Waals surface area contributed by atoms with Crippen molar-refractivity contribution in [2.24, 2.45) is 0 Å². The molecule has 0 aliphatic rings. The third-order valence-electron chi connectivity index (χ3n) is 3.47. The van der Waals surface area contributed by atoms with E-state index in [9.17, 15) is 19.6 Å². The Morgan fingerprint density at radius 3 is 2.61 bits per heavy atom. The summed E-state index contributed by atoms with van der Waals surface area (Å²) in [4.78, 5) is 14.8.